The van der Waals surface area contributed by atoms with Crippen LogP contribution in [0.25, 0.3) is 0 Å². The molecule has 12 heavy (non-hydrogen) atoms. The summed E-state index contributed by atoms with van der Waals surface area (Å²) < 4.78 is 0. The number of rotatable bonds is 1. The second-order valence-electron chi connectivity index (χ2n) is 4.78. The Hall–Kier alpha value is -0.0100. The van der Waals surface area contributed by atoms with Crippen LogP contribution >= 0.6 is 11.6 Å². The predicted octanol–water partition coefficient (Wildman–Crippen LogP) is 2.72. The van der Waals surface area contributed by atoms with E-state index in [4.69, 9.17) is 11.6 Å². The largest absolute Gasteiger partial charge is 0.390 e. The third kappa shape index (κ3) is 2.49. The Morgan fingerprint density at radius 1 is 1.50 bits per heavy atom. The summed E-state index contributed by atoms with van der Waals surface area (Å²) in [6, 6.07) is 0. The second-order valence-corrected chi connectivity index (χ2v) is 5.04. The molecule has 0 aliphatic heterocycles. The lowest BCUT2D eigenvalue weighted by molar-refractivity contribution is 0.0178. The topological polar surface area (TPSA) is 20.2 Å². The highest BCUT2D eigenvalue weighted by atomic mass is 35.5. The van der Waals surface area contributed by atoms with Gasteiger partial charge in [-0.2, -0.15) is 0 Å². The summed E-state index contributed by atoms with van der Waals surface area (Å²) in [5, 5.41) is 9.91. The lowest BCUT2D eigenvalue weighted by Crippen LogP contribution is -2.35. The molecule has 0 saturated heterocycles. The zero-order valence-corrected chi connectivity index (χ0v) is 8.78. The third-order valence-electron chi connectivity index (χ3n) is 2.21. The summed E-state index contributed by atoms with van der Waals surface area (Å²) in [5.74, 6) is 0.541. The molecule has 0 saturated carbocycles. The average Bonchev–Trinajstić information content (AvgIpc) is 1.80. The van der Waals surface area contributed by atoms with E-state index in [1.54, 1.807) is 0 Å². The van der Waals surface area contributed by atoms with Crippen LogP contribution in [-0.2, 0) is 0 Å². The molecule has 0 bridgehead atoms. The molecule has 1 unspecified atom stereocenters. The number of halogens is 1. The number of alkyl halides is 1. The highest BCUT2D eigenvalue weighted by molar-refractivity contribution is 6.19. The Labute approximate surface area is 79.4 Å². The molecule has 1 rings (SSSR count). The maximum Gasteiger partial charge on any atom is 0.0665 e. The van der Waals surface area contributed by atoms with E-state index in [2.05, 4.69) is 19.9 Å². The van der Waals surface area contributed by atoms with Gasteiger partial charge in [0, 0.05) is 5.88 Å². The molecule has 0 radical (unpaired) electrons. The maximum atomic E-state index is 9.91. The minimum Gasteiger partial charge on any atom is -0.390 e. The van der Waals surface area contributed by atoms with Crippen molar-refractivity contribution in [3.05, 3.63) is 11.6 Å². The van der Waals surface area contributed by atoms with Crippen LogP contribution in [0.3, 0.4) is 0 Å². The van der Waals surface area contributed by atoms with Gasteiger partial charge in [0.2, 0.25) is 0 Å². The van der Waals surface area contributed by atoms with Crippen molar-refractivity contribution in [2.75, 3.05) is 5.88 Å². The SMILES string of the molecule is CC1(C)C=C(CCl)CC(C)(O)C1. The van der Waals surface area contributed by atoms with Crippen molar-refractivity contribution in [1.82, 2.24) is 0 Å². The van der Waals surface area contributed by atoms with E-state index < -0.39 is 5.60 Å². The summed E-state index contributed by atoms with van der Waals surface area (Å²) in [6.45, 7) is 6.15. The summed E-state index contributed by atoms with van der Waals surface area (Å²) in [4.78, 5) is 0. The van der Waals surface area contributed by atoms with E-state index in [9.17, 15) is 5.11 Å². The molecule has 1 N–H and O–H groups in total. The van der Waals surface area contributed by atoms with Crippen molar-refractivity contribution in [3.63, 3.8) is 0 Å². The van der Waals surface area contributed by atoms with Gasteiger partial charge in [-0.3, -0.25) is 0 Å². The standard InChI is InChI=1S/C10H17ClO/c1-9(2)4-8(6-11)5-10(3,12)7-9/h4,12H,5-7H2,1-3H3. The summed E-state index contributed by atoms with van der Waals surface area (Å²) >= 11 is 5.76. The first-order chi connectivity index (χ1) is 5.35. The first kappa shape index (κ1) is 10.1. The van der Waals surface area contributed by atoms with Crippen molar-refractivity contribution >= 4 is 11.6 Å². The van der Waals surface area contributed by atoms with Crippen molar-refractivity contribution < 1.29 is 5.11 Å². The van der Waals surface area contributed by atoms with Gasteiger partial charge in [-0.1, -0.05) is 25.5 Å². The molecular formula is C10H17ClO. The maximum absolute atomic E-state index is 9.91. The zero-order valence-electron chi connectivity index (χ0n) is 8.02. The van der Waals surface area contributed by atoms with Gasteiger partial charge >= 0.3 is 0 Å². The van der Waals surface area contributed by atoms with Crippen molar-refractivity contribution in [1.29, 1.82) is 0 Å². The van der Waals surface area contributed by atoms with E-state index in [1.165, 1.54) is 0 Å². The van der Waals surface area contributed by atoms with Gasteiger partial charge in [-0.15, -0.1) is 11.6 Å². The highest BCUT2D eigenvalue weighted by Gasteiger charge is 2.34. The first-order valence-electron chi connectivity index (χ1n) is 4.34. The Bertz CT molecular complexity index is 204. The summed E-state index contributed by atoms with van der Waals surface area (Å²) in [6.07, 6.45) is 3.73. The minimum absolute atomic E-state index is 0.0893. The lowest BCUT2D eigenvalue weighted by atomic mass is 9.72. The minimum atomic E-state index is -0.567. The highest BCUT2D eigenvalue weighted by Crippen LogP contribution is 2.39. The normalized spacial score (nSPS) is 34.6. The second kappa shape index (κ2) is 3.04. The fraction of sp³-hybridized carbons (Fsp3) is 0.800. The van der Waals surface area contributed by atoms with E-state index in [0.29, 0.717) is 5.88 Å². The van der Waals surface area contributed by atoms with Crippen LogP contribution in [0.15, 0.2) is 11.6 Å². The van der Waals surface area contributed by atoms with Crippen LogP contribution in [-0.4, -0.2) is 16.6 Å². The molecule has 0 aromatic carbocycles. The predicted molar refractivity (Wildman–Crippen MR) is 52.4 cm³/mol. The van der Waals surface area contributed by atoms with Crippen molar-refractivity contribution in [2.45, 2.75) is 39.2 Å². The molecule has 0 spiro atoms. The summed E-state index contributed by atoms with van der Waals surface area (Å²) in [7, 11) is 0. The van der Waals surface area contributed by atoms with Crippen LogP contribution in [0.2, 0.25) is 0 Å². The van der Waals surface area contributed by atoms with Gasteiger partial charge < -0.3 is 5.11 Å². The monoisotopic (exact) mass is 188 g/mol. The quantitative estimate of drug-likeness (QED) is 0.496. The van der Waals surface area contributed by atoms with Crippen LogP contribution in [0, 0.1) is 5.41 Å². The molecule has 0 aromatic rings. The van der Waals surface area contributed by atoms with Gasteiger partial charge in [0.1, 0.15) is 0 Å². The van der Waals surface area contributed by atoms with E-state index in [0.717, 1.165) is 18.4 Å². The molecule has 1 aliphatic carbocycles. The first-order valence-corrected chi connectivity index (χ1v) is 4.87. The van der Waals surface area contributed by atoms with E-state index in [-0.39, 0.29) is 5.41 Å². The fourth-order valence-corrected chi connectivity index (χ4v) is 2.45. The smallest absolute Gasteiger partial charge is 0.0665 e. The third-order valence-corrected chi connectivity index (χ3v) is 2.55. The fourth-order valence-electron chi connectivity index (χ4n) is 2.27. The Morgan fingerprint density at radius 3 is 2.50 bits per heavy atom. The molecule has 1 aliphatic rings. The van der Waals surface area contributed by atoms with Gasteiger partial charge in [-0.25, -0.2) is 0 Å². The van der Waals surface area contributed by atoms with Crippen molar-refractivity contribution in [2.24, 2.45) is 5.41 Å². The lowest BCUT2D eigenvalue weighted by Gasteiger charge is -2.37. The Morgan fingerprint density at radius 2 is 2.08 bits per heavy atom. The molecular weight excluding hydrogens is 172 g/mol. The average molecular weight is 189 g/mol. The molecule has 1 nitrogen and oxygen atoms in total. The Kier molecular flexibility index (Phi) is 2.55. The summed E-state index contributed by atoms with van der Waals surface area (Å²) in [5.41, 5.74) is 0.687. The number of hydrogen-bond acceptors (Lipinski definition) is 1. The van der Waals surface area contributed by atoms with Gasteiger partial charge in [-0.05, 0) is 25.2 Å². The van der Waals surface area contributed by atoms with Gasteiger partial charge in [0.25, 0.3) is 0 Å². The van der Waals surface area contributed by atoms with Crippen molar-refractivity contribution in [3.8, 4) is 0 Å². The molecule has 2 heteroatoms. The van der Waals surface area contributed by atoms with Crippen LogP contribution in [0.4, 0.5) is 0 Å². The number of allylic oxidation sites excluding steroid dienone is 1. The van der Waals surface area contributed by atoms with E-state index in [1.807, 2.05) is 6.92 Å². The zero-order chi connectivity index (χ0) is 9.41. The van der Waals surface area contributed by atoms with E-state index >= 15 is 0 Å². The molecule has 0 aromatic heterocycles. The van der Waals surface area contributed by atoms with Gasteiger partial charge in [0.05, 0.1) is 5.60 Å². The van der Waals surface area contributed by atoms with Crippen LogP contribution in [0.5, 0.6) is 0 Å². The molecule has 0 fully saturated rings. The number of hydrogen-bond donors (Lipinski definition) is 1. The number of aliphatic hydroxyl groups is 1. The molecule has 1 atom stereocenters. The van der Waals surface area contributed by atoms with Crippen LogP contribution < -0.4 is 0 Å². The molecule has 0 amide bonds. The van der Waals surface area contributed by atoms with Gasteiger partial charge in [0.15, 0.2) is 0 Å². The Balaban J connectivity index is 2.86. The molecule has 0 heterocycles. The van der Waals surface area contributed by atoms with Crippen LogP contribution in [0.1, 0.15) is 33.6 Å². The molecule has 70 valence electrons.